The van der Waals surface area contributed by atoms with E-state index in [1.807, 2.05) is 45.1 Å². The zero-order valence-electron chi connectivity index (χ0n) is 16.3. The molecule has 27 heavy (non-hydrogen) atoms. The smallest absolute Gasteiger partial charge is 0.241 e. The van der Waals surface area contributed by atoms with E-state index in [9.17, 15) is 8.42 Å². The number of rotatable bonds is 7. The van der Waals surface area contributed by atoms with Crippen molar-refractivity contribution in [3.8, 4) is 0 Å². The van der Waals surface area contributed by atoms with Gasteiger partial charge in [-0.1, -0.05) is 0 Å². The Morgan fingerprint density at radius 2 is 2.04 bits per heavy atom. The van der Waals surface area contributed by atoms with E-state index >= 15 is 0 Å². The number of aliphatic imine (C=N–C) groups is 1. The Bertz CT molecular complexity index is 874. The highest BCUT2D eigenvalue weighted by Crippen LogP contribution is 2.24. The Kier molecular flexibility index (Phi) is 9.25. The number of thiophene rings is 1. The maximum absolute atomic E-state index is 12.4. The van der Waals surface area contributed by atoms with Gasteiger partial charge in [0.2, 0.25) is 10.0 Å². The summed E-state index contributed by atoms with van der Waals surface area (Å²) in [5, 5.41) is 3.19. The van der Waals surface area contributed by atoms with E-state index in [2.05, 4.69) is 25.7 Å². The third kappa shape index (κ3) is 6.47. The molecule has 0 radical (unpaired) electrons. The molecule has 10 heteroatoms. The normalized spacial score (nSPS) is 12.0. The van der Waals surface area contributed by atoms with Gasteiger partial charge in [0, 0.05) is 55.9 Å². The van der Waals surface area contributed by atoms with E-state index in [-0.39, 0.29) is 30.5 Å². The van der Waals surface area contributed by atoms with E-state index in [1.54, 1.807) is 13.1 Å². The van der Waals surface area contributed by atoms with Gasteiger partial charge in [-0.2, -0.15) is 0 Å². The average Bonchev–Trinajstić information content (AvgIpc) is 3.12. The van der Waals surface area contributed by atoms with Crippen molar-refractivity contribution < 1.29 is 8.42 Å². The summed E-state index contributed by atoms with van der Waals surface area (Å²) in [6, 6.07) is 5.77. The van der Waals surface area contributed by atoms with Crippen LogP contribution in [0.3, 0.4) is 0 Å². The van der Waals surface area contributed by atoms with Crippen molar-refractivity contribution in [2.24, 2.45) is 12.0 Å². The van der Waals surface area contributed by atoms with Crippen LogP contribution in [0.2, 0.25) is 0 Å². The second-order valence-corrected chi connectivity index (χ2v) is 9.31. The largest absolute Gasteiger partial charge is 0.355 e. The van der Waals surface area contributed by atoms with Crippen molar-refractivity contribution in [3.05, 3.63) is 39.8 Å². The van der Waals surface area contributed by atoms with Crippen molar-refractivity contribution in [1.82, 2.24) is 19.5 Å². The van der Waals surface area contributed by atoms with E-state index in [0.29, 0.717) is 23.9 Å². The molecule has 7 nitrogen and oxygen atoms in total. The molecule has 0 saturated heterocycles. The third-order valence-electron chi connectivity index (χ3n) is 4.01. The highest BCUT2D eigenvalue weighted by atomic mass is 127. The molecule has 152 valence electrons. The second kappa shape index (κ2) is 10.4. The molecule has 2 N–H and O–H groups in total. The van der Waals surface area contributed by atoms with Gasteiger partial charge in [0.15, 0.2) is 5.96 Å². The lowest BCUT2D eigenvalue weighted by molar-refractivity contribution is 0.462. The molecule has 0 spiro atoms. The first-order chi connectivity index (χ1) is 12.2. The van der Waals surface area contributed by atoms with E-state index in [0.717, 1.165) is 9.75 Å². The van der Waals surface area contributed by atoms with Crippen LogP contribution in [0.1, 0.15) is 15.4 Å². The summed E-state index contributed by atoms with van der Waals surface area (Å²) in [6.07, 6.45) is 2.00. The number of nitrogens with zero attached hydrogens (tertiary/aromatic N) is 3. The number of guanidine groups is 1. The number of hydrogen-bond donors (Lipinski definition) is 2. The summed E-state index contributed by atoms with van der Waals surface area (Å²) < 4.78 is 29.5. The molecule has 0 amide bonds. The molecule has 2 aromatic heterocycles. The monoisotopic (exact) mass is 525 g/mol. The van der Waals surface area contributed by atoms with Gasteiger partial charge in [-0.15, -0.1) is 35.3 Å². The van der Waals surface area contributed by atoms with Crippen LogP contribution >= 0.6 is 35.3 Å². The Morgan fingerprint density at radius 3 is 2.56 bits per heavy atom. The van der Waals surface area contributed by atoms with Crippen molar-refractivity contribution in [2.75, 3.05) is 27.2 Å². The minimum Gasteiger partial charge on any atom is -0.355 e. The maximum atomic E-state index is 12.4. The fourth-order valence-electron chi connectivity index (χ4n) is 2.68. The highest BCUT2D eigenvalue weighted by Gasteiger charge is 2.18. The number of halogens is 1. The number of nitrogens with one attached hydrogen (secondary N) is 2. The number of aryl methyl sites for hydroxylation is 3. The van der Waals surface area contributed by atoms with Crippen molar-refractivity contribution in [1.29, 1.82) is 0 Å². The molecule has 2 heterocycles. The van der Waals surface area contributed by atoms with Gasteiger partial charge < -0.3 is 14.8 Å². The molecule has 0 bridgehead atoms. The summed E-state index contributed by atoms with van der Waals surface area (Å²) in [4.78, 5) is 8.41. The number of hydrogen-bond acceptors (Lipinski definition) is 4. The van der Waals surface area contributed by atoms with Gasteiger partial charge in [0.05, 0.1) is 11.4 Å². The summed E-state index contributed by atoms with van der Waals surface area (Å²) in [6.45, 7) is 5.18. The first-order valence-electron chi connectivity index (χ1n) is 8.33. The van der Waals surface area contributed by atoms with Gasteiger partial charge in [0.1, 0.15) is 0 Å². The second-order valence-electron chi connectivity index (χ2n) is 6.12. The highest BCUT2D eigenvalue weighted by molar-refractivity contribution is 14.0. The topological polar surface area (TPSA) is 78.7 Å². The fraction of sp³-hybridized carbons (Fsp3) is 0.471. The van der Waals surface area contributed by atoms with E-state index in [1.165, 1.54) is 17.0 Å². The lowest BCUT2D eigenvalue weighted by Gasteiger charge is -2.22. The predicted octanol–water partition coefficient (Wildman–Crippen LogP) is 2.31. The van der Waals surface area contributed by atoms with Gasteiger partial charge in [-0.25, -0.2) is 13.1 Å². The molecule has 0 unspecified atom stereocenters. The van der Waals surface area contributed by atoms with Crippen LogP contribution in [0.25, 0.3) is 0 Å². The number of sulfonamides is 1. The molecule has 0 fully saturated rings. The molecule has 0 atom stereocenters. The molecular formula is C17H28IN5O2S2. The van der Waals surface area contributed by atoms with E-state index in [4.69, 9.17) is 0 Å². The summed E-state index contributed by atoms with van der Waals surface area (Å²) in [5.41, 5.74) is 1.17. The van der Waals surface area contributed by atoms with Gasteiger partial charge in [-0.05, 0) is 32.0 Å². The molecule has 0 aliphatic heterocycles. The predicted molar refractivity (Wildman–Crippen MR) is 123 cm³/mol. The Hall–Kier alpha value is -1.11. The lowest BCUT2D eigenvalue weighted by Crippen LogP contribution is -2.42. The Morgan fingerprint density at radius 1 is 1.33 bits per heavy atom. The number of aromatic nitrogens is 1. The molecule has 2 rings (SSSR count). The fourth-order valence-corrected chi connectivity index (χ4v) is 5.26. The quantitative estimate of drug-likeness (QED) is 0.252. The van der Waals surface area contributed by atoms with Crippen LogP contribution in [0, 0.1) is 13.8 Å². The molecule has 2 aromatic rings. The molecule has 0 aliphatic carbocycles. The summed E-state index contributed by atoms with van der Waals surface area (Å²) in [5.74, 6) is 0.716. The van der Waals surface area contributed by atoms with Crippen LogP contribution < -0.4 is 10.0 Å². The standard InChI is InChI=1S/C17H27N5O2S2.HI/c1-13-11-16(14(2)25-13)26(23,24)20-9-8-19-17(18-3)22(5)12-15-7-6-10-21(15)4;/h6-7,10-11,20H,8-9,12H2,1-5H3,(H,18,19);1H. The van der Waals surface area contributed by atoms with Crippen LogP contribution in [-0.4, -0.2) is 51.0 Å². The molecular weight excluding hydrogens is 497 g/mol. The maximum Gasteiger partial charge on any atom is 0.241 e. The van der Waals surface area contributed by atoms with Crippen LogP contribution in [0.15, 0.2) is 34.3 Å². The van der Waals surface area contributed by atoms with Crippen molar-refractivity contribution in [2.45, 2.75) is 25.3 Å². The minimum absolute atomic E-state index is 0. The van der Waals surface area contributed by atoms with Crippen molar-refractivity contribution in [3.63, 3.8) is 0 Å². The molecule has 0 aliphatic rings. The first kappa shape index (κ1) is 23.9. The van der Waals surface area contributed by atoms with Crippen LogP contribution in [0.4, 0.5) is 0 Å². The molecule has 0 saturated carbocycles. The van der Waals surface area contributed by atoms with Gasteiger partial charge >= 0.3 is 0 Å². The zero-order valence-corrected chi connectivity index (χ0v) is 20.3. The Balaban J connectivity index is 0.00000364. The molecule has 0 aromatic carbocycles. The Labute approximate surface area is 182 Å². The summed E-state index contributed by atoms with van der Waals surface area (Å²) >= 11 is 1.49. The van der Waals surface area contributed by atoms with Crippen molar-refractivity contribution >= 4 is 51.3 Å². The first-order valence-corrected chi connectivity index (χ1v) is 10.6. The third-order valence-corrected chi connectivity index (χ3v) is 6.69. The lowest BCUT2D eigenvalue weighted by atomic mass is 10.4. The summed E-state index contributed by atoms with van der Waals surface area (Å²) in [7, 11) is 2.19. The van der Waals surface area contributed by atoms with Gasteiger partial charge in [0.25, 0.3) is 0 Å². The minimum atomic E-state index is -3.48. The van der Waals surface area contributed by atoms with E-state index < -0.39 is 10.0 Å². The zero-order chi connectivity index (χ0) is 19.3. The van der Waals surface area contributed by atoms with Crippen LogP contribution in [-0.2, 0) is 23.6 Å². The average molecular weight is 525 g/mol. The van der Waals surface area contributed by atoms with Crippen LogP contribution in [0.5, 0.6) is 0 Å². The SMILES string of the molecule is CN=C(NCCNS(=O)(=O)c1cc(C)sc1C)N(C)Cc1cccn1C.I. The van der Waals surface area contributed by atoms with Gasteiger partial charge in [-0.3, -0.25) is 4.99 Å².